The van der Waals surface area contributed by atoms with Gasteiger partial charge >= 0.3 is 0 Å². The van der Waals surface area contributed by atoms with E-state index in [1.54, 1.807) is 0 Å². The van der Waals surface area contributed by atoms with Crippen LogP contribution >= 0.6 is 0 Å². The summed E-state index contributed by atoms with van der Waals surface area (Å²) < 4.78 is 0. The molecule has 0 saturated carbocycles. The quantitative estimate of drug-likeness (QED) is 0.565. The highest BCUT2D eigenvalue weighted by Crippen LogP contribution is 2.36. The summed E-state index contributed by atoms with van der Waals surface area (Å²) in [6.45, 7) is 3.65. The molecule has 0 radical (unpaired) electrons. The molecule has 0 aromatic rings. The van der Waals surface area contributed by atoms with E-state index in [9.17, 15) is 0 Å². The molecule has 2 saturated heterocycles. The van der Waals surface area contributed by atoms with Gasteiger partial charge in [0.1, 0.15) is 0 Å². The van der Waals surface area contributed by atoms with E-state index in [0.29, 0.717) is 0 Å². The maximum atomic E-state index is 2.74. The second-order valence-electron chi connectivity index (χ2n) is 3.70. The average Bonchev–Trinajstić information content (AvgIpc) is 2.50. The van der Waals surface area contributed by atoms with Crippen LogP contribution in [-0.2, 0) is 0 Å². The van der Waals surface area contributed by atoms with Crippen LogP contribution in [0.1, 0.15) is 39.0 Å². The van der Waals surface area contributed by atoms with E-state index in [1.165, 1.54) is 38.6 Å². The lowest BCUT2D eigenvalue weighted by Gasteiger charge is -2.19. The van der Waals surface area contributed by atoms with Crippen LogP contribution in [0.3, 0.4) is 0 Å². The lowest BCUT2D eigenvalue weighted by atomic mass is 10.0. The molecule has 0 amide bonds. The zero-order valence-corrected chi connectivity index (χ0v) is 6.84. The molecule has 0 aromatic heterocycles. The van der Waals surface area contributed by atoms with Gasteiger partial charge in [-0.15, -0.1) is 0 Å². The first-order valence-electron chi connectivity index (χ1n) is 4.67. The Morgan fingerprint density at radius 2 is 1.60 bits per heavy atom. The molecule has 58 valence electrons. The van der Waals surface area contributed by atoms with Gasteiger partial charge in [0.15, 0.2) is 0 Å². The van der Waals surface area contributed by atoms with E-state index >= 15 is 0 Å². The summed E-state index contributed by atoms with van der Waals surface area (Å²) in [6, 6.07) is 1.98. The van der Waals surface area contributed by atoms with Gasteiger partial charge in [-0.25, -0.2) is 0 Å². The Hall–Kier alpha value is -0.0400. The minimum absolute atomic E-state index is 0.991. The van der Waals surface area contributed by atoms with Crippen molar-refractivity contribution in [1.82, 2.24) is 4.90 Å². The number of hydrogen-bond donors (Lipinski definition) is 0. The highest BCUT2D eigenvalue weighted by Gasteiger charge is 2.37. The van der Waals surface area contributed by atoms with Crippen molar-refractivity contribution in [2.24, 2.45) is 0 Å². The third-order valence-corrected chi connectivity index (χ3v) is 3.09. The van der Waals surface area contributed by atoms with E-state index in [-0.39, 0.29) is 0 Å². The summed E-state index contributed by atoms with van der Waals surface area (Å²) in [4.78, 5) is 2.74. The maximum absolute atomic E-state index is 2.74. The van der Waals surface area contributed by atoms with Gasteiger partial charge in [-0.1, -0.05) is 6.92 Å². The first kappa shape index (κ1) is 6.66. The van der Waals surface area contributed by atoms with Gasteiger partial charge in [0.05, 0.1) is 0 Å². The molecule has 2 aliphatic heterocycles. The average molecular weight is 139 g/mol. The van der Waals surface area contributed by atoms with Crippen LogP contribution in [0.5, 0.6) is 0 Å². The molecule has 2 bridgehead atoms. The fourth-order valence-corrected chi connectivity index (χ4v) is 2.64. The zero-order valence-electron chi connectivity index (χ0n) is 6.84. The zero-order chi connectivity index (χ0) is 6.97. The van der Waals surface area contributed by atoms with E-state index in [1.807, 2.05) is 0 Å². The lowest BCUT2D eigenvalue weighted by molar-refractivity contribution is 0.253. The van der Waals surface area contributed by atoms with Crippen molar-refractivity contribution in [3.8, 4) is 0 Å². The van der Waals surface area contributed by atoms with Crippen LogP contribution < -0.4 is 0 Å². The van der Waals surface area contributed by atoms with E-state index < -0.39 is 0 Å². The molecular formula is C9H17N. The van der Waals surface area contributed by atoms with Gasteiger partial charge in [0.25, 0.3) is 0 Å². The molecule has 1 heteroatoms. The fourth-order valence-electron chi connectivity index (χ4n) is 2.64. The summed E-state index contributed by atoms with van der Waals surface area (Å²) in [7, 11) is 0. The van der Waals surface area contributed by atoms with Gasteiger partial charge in [-0.3, -0.25) is 4.90 Å². The normalized spacial score (nSPS) is 39.3. The van der Waals surface area contributed by atoms with E-state index in [2.05, 4.69) is 11.8 Å². The largest absolute Gasteiger partial charge is 0.297 e. The van der Waals surface area contributed by atoms with Crippen LogP contribution in [0, 0.1) is 0 Å². The number of nitrogens with zero attached hydrogens (tertiary/aromatic N) is 1. The number of fused-ring (bicyclic) bond motifs is 2. The summed E-state index contributed by atoms with van der Waals surface area (Å²) in [6.07, 6.45) is 7.30. The van der Waals surface area contributed by atoms with Gasteiger partial charge in [0, 0.05) is 12.1 Å². The SMILES string of the molecule is CCCN1C2CCC1CC2. The molecule has 2 fully saturated rings. The molecule has 0 unspecified atom stereocenters. The second-order valence-corrected chi connectivity index (χ2v) is 3.70. The van der Waals surface area contributed by atoms with Crippen molar-refractivity contribution in [3.63, 3.8) is 0 Å². The topological polar surface area (TPSA) is 3.24 Å². The Morgan fingerprint density at radius 1 is 1.10 bits per heavy atom. The molecule has 0 spiro atoms. The summed E-state index contributed by atoms with van der Waals surface area (Å²) in [5.74, 6) is 0. The fraction of sp³-hybridized carbons (Fsp3) is 1.00. The van der Waals surface area contributed by atoms with Gasteiger partial charge < -0.3 is 0 Å². The van der Waals surface area contributed by atoms with Gasteiger partial charge in [0.2, 0.25) is 0 Å². The van der Waals surface area contributed by atoms with Crippen LogP contribution in [-0.4, -0.2) is 23.5 Å². The number of hydrogen-bond acceptors (Lipinski definition) is 1. The first-order valence-corrected chi connectivity index (χ1v) is 4.67. The Morgan fingerprint density at radius 3 is 2.00 bits per heavy atom. The van der Waals surface area contributed by atoms with Crippen molar-refractivity contribution >= 4 is 0 Å². The first-order chi connectivity index (χ1) is 4.92. The molecule has 0 aromatic carbocycles. The van der Waals surface area contributed by atoms with Crippen molar-refractivity contribution in [2.75, 3.05) is 6.54 Å². The summed E-state index contributed by atoms with van der Waals surface area (Å²) in [5, 5.41) is 0. The Balaban J connectivity index is 1.96. The molecule has 1 nitrogen and oxygen atoms in total. The van der Waals surface area contributed by atoms with Crippen LogP contribution in [0.2, 0.25) is 0 Å². The lowest BCUT2D eigenvalue weighted by Crippen LogP contribution is -2.28. The third kappa shape index (κ3) is 0.878. The molecular weight excluding hydrogens is 122 g/mol. The Labute approximate surface area is 63.4 Å². The molecule has 10 heavy (non-hydrogen) atoms. The smallest absolute Gasteiger partial charge is 0.00993 e. The van der Waals surface area contributed by atoms with Gasteiger partial charge in [-0.2, -0.15) is 0 Å². The minimum atomic E-state index is 0.991. The molecule has 0 atom stereocenters. The summed E-state index contributed by atoms with van der Waals surface area (Å²) in [5.41, 5.74) is 0. The Kier molecular flexibility index (Phi) is 1.69. The summed E-state index contributed by atoms with van der Waals surface area (Å²) >= 11 is 0. The third-order valence-electron chi connectivity index (χ3n) is 3.09. The molecule has 2 rings (SSSR count). The van der Waals surface area contributed by atoms with Gasteiger partial charge in [-0.05, 0) is 38.6 Å². The monoisotopic (exact) mass is 139 g/mol. The van der Waals surface area contributed by atoms with Crippen molar-refractivity contribution < 1.29 is 0 Å². The maximum Gasteiger partial charge on any atom is 0.00993 e. The minimum Gasteiger partial charge on any atom is -0.297 e. The van der Waals surface area contributed by atoms with E-state index in [0.717, 1.165) is 12.1 Å². The molecule has 0 aliphatic carbocycles. The predicted molar refractivity (Wildman–Crippen MR) is 43.0 cm³/mol. The highest BCUT2D eigenvalue weighted by molar-refractivity contribution is 4.94. The molecule has 2 heterocycles. The molecule has 0 N–H and O–H groups in total. The van der Waals surface area contributed by atoms with Crippen molar-refractivity contribution in [2.45, 2.75) is 51.1 Å². The van der Waals surface area contributed by atoms with Crippen molar-refractivity contribution in [1.29, 1.82) is 0 Å². The van der Waals surface area contributed by atoms with E-state index in [4.69, 9.17) is 0 Å². The van der Waals surface area contributed by atoms with Crippen LogP contribution in [0.4, 0.5) is 0 Å². The van der Waals surface area contributed by atoms with Crippen LogP contribution in [0.25, 0.3) is 0 Å². The second kappa shape index (κ2) is 2.54. The number of rotatable bonds is 2. The highest BCUT2D eigenvalue weighted by atomic mass is 15.2. The standard InChI is InChI=1S/C9H17N/c1-2-7-10-8-3-4-9(10)6-5-8/h8-9H,2-7H2,1H3. The van der Waals surface area contributed by atoms with Crippen molar-refractivity contribution in [3.05, 3.63) is 0 Å². The Bertz CT molecular complexity index is 102. The van der Waals surface area contributed by atoms with Crippen LogP contribution in [0.15, 0.2) is 0 Å². The predicted octanol–water partition coefficient (Wildman–Crippen LogP) is 2.02. The molecule has 2 aliphatic rings.